The fraction of sp³-hybridized carbons (Fsp3) is 0.714. The largest absolute Gasteiger partial charge is 0.411 e. The number of ether oxygens (including phenoxy) is 1. The molecule has 1 aromatic rings. The van der Waals surface area contributed by atoms with Crippen LogP contribution in [0.25, 0.3) is 0 Å². The van der Waals surface area contributed by atoms with Gasteiger partial charge in [-0.15, -0.1) is 0 Å². The third-order valence-corrected chi connectivity index (χ3v) is 3.63. The summed E-state index contributed by atoms with van der Waals surface area (Å²) in [5, 5.41) is 9.72. The van der Waals surface area contributed by atoms with Gasteiger partial charge < -0.3 is 14.7 Å². The number of piperidine rings is 1. The van der Waals surface area contributed by atoms with Crippen LogP contribution >= 0.6 is 0 Å². The zero-order valence-electron chi connectivity index (χ0n) is 12.2. The lowest BCUT2D eigenvalue weighted by Crippen LogP contribution is -2.40. The monoisotopic (exact) mass is 319 g/mol. The molecule has 0 amide bonds. The maximum atomic E-state index is 11.9. The van der Waals surface area contributed by atoms with Gasteiger partial charge in [0.2, 0.25) is 0 Å². The summed E-state index contributed by atoms with van der Waals surface area (Å²) in [5.74, 6) is 0.351. The Morgan fingerprint density at radius 2 is 2.05 bits per heavy atom. The molecular weight excluding hydrogens is 299 g/mol. The van der Waals surface area contributed by atoms with Gasteiger partial charge in [-0.1, -0.05) is 0 Å². The molecule has 22 heavy (non-hydrogen) atoms. The molecule has 2 rings (SSSR count). The van der Waals surface area contributed by atoms with Crippen molar-refractivity contribution in [2.45, 2.75) is 31.0 Å². The van der Waals surface area contributed by atoms with Gasteiger partial charge in [0.05, 0.1) is 18.4 Å². The molecule has 8 heteroatoms. The highest BCUT2D eigenvalue weighted by molar-refractivity contribution is 5.04. The van der Waals surface area contributed by atoms with Crippen molar-refractivity contribution in [3.63, 3.8) is 0 Å². The van der Waals surface area contributed by atoms with Crippen molar-refractivity contribution < 1.29 is 23.0 Å². The van der Waals surface area contributed by atoms with E-state index in [-0.39, 0.29) is 6.61 Å². The van der Waals surface area contributed by atoms with Crippen molar-refractivity contribution in [2.24, 2.45) is 0 Å². The topological polar surface area (TPSA) is 58.5 Å². The standard InChI is InChI=1S/C14H20F3N3O2/c15-14(16,17)10-22-9-12(21)8-20-5-1-11(2-6-20)13-7-18-3-4-19-13/h3-4,7,11-12,21H,1-2,5-6,8-10H2. The van der Waals surface area contributed by atoms with E-state index in [1.54, 1.807) is 18.6 Å². The minimum absolute atomic E-state index is 0.302. The van der Waals surface area contributed by atoms with Gasteiger partial charge in [0.15, 0.2) is 0 Å². The quantitative estimate of drug-likeness (QED) is 0.863. The minimum atomic E-state index is -4.35. The van der Waals surface area contributed by atoms with Crippen LogP contribution in [0, 0.1) is 0 Å². The molecule has 0 saturated carbocycles. The number of hydrogen-bond acceptors (Lipinski definition) is 5. The van der Waals surface area contributed by atoms with Crippen molar-refractivity contribution in [3.8, 4) is 0 Å². The first-order chi connectivity index (χ1) is 10.4. The van der Waals surface area contributed by atoms with Crippen LogP contribution in [0.4, 0.5) is 13.2 Å². The van der Waals surface area contributed by atoms with E-state index < -0.39 is 18.9 Å². The summed E-state index contributed by atoms with van der Waals surface area (Å²) in [6, 6.07) is 0. The Balaban J connectivity index is 1.67. The predicted octanol–water partition coefficient (Wildman–Crippen LogP) is 1.60. The number of alkyl halides is 3. The van der Waals surface area contributed by atoms with Gasteiger partial charge in [-0.2, -0.15) is 13.2 Å². The Morgan fingerprint density at radius 1 is 1.32 bits per heavy atom. The molecule has 0 bridgehead atoms. The van der Waals surface area contributed by atoms with Gasteiger partial charge in [0.25, 0.3) is 0 Å². The van der Waals surface area contributed by atoms with E-state index in [2.05, 4.69) is 14.7 Å². The molecule has 1 saturated heterocycles. The van der Waals surface area contributed by atoms with Gasteiger partial charge in [0, 0.05) is 31.1 Å². The van der Waals surface area contributed by atoms with Gasteiger partial charge in [0.1, 0.15) is 6.61 Å². The summed E-state index contributed by atoms with van der Waals surface area (Å²) in [6.45, 7) is 0.253. The van der Waals surface area contributed by atoms with Crippen molar-refractivity contribution >= 4 is 0 Å². The number of aromatic nitrogens is 2. The highest BCUT2D eigenvalue weighted by atomic mass is 19.4. The Morgan fingerprint density at radius 3 is 2.64 bits per heavy atom. The molecule has 2 heterocycles. The second-order valence-corrected chi connectivity index (χ2v) is 5.49. The van der Waals surface area contributed by atoms with Crippen LogP contribution in [0.15, 0.2) is 18.6 Å². The van der Waals surface area contributed by atoms with E-state index in [0.29, 0.717) is 12.5 Å². The van der Waals surface area contributed by atoms with E-state index in [1.807, 2.05) is 4.90 Å². The zero-order valence-corrected chi connectivity index (χ0v) is 12.2. The molecule has 1 N–H and O–H groups in total. The molecule has 0 aromatic carbocycles. The number of nitrogens with zero attached hydrogens (tertiary/aromatic N) is 3. The maximum Gasteiger partial charge on any atom is 0.411 e. The van der Waals surface area contributed by atoms with Crippen LogP contribution in [0.5, 0.6) is 0 Å². The minimum Gasteiger partial charge on any atom is -0.389 e. The number of hydrogen-bond donors (Lipinski definition) is 1. The van der Waals surface area contributed by atoms with Gasteiger partial charge >= 0.3 is 6.18 Å². The first kappa shape index (κ1) is 17.1. The van der Waals surface area contributed by atoms with E-state index in [9.17, 15) is 18.3 Å². The molecule has 5 nitrogen and oxygen atoms in total. The molecule has 1 aliphatic rings. The highest BCUT2D eigenvalue weighted by Gasteiger charge is 2.28. The smallest absolute Gasteiger partial charge is 0.389 e. The molecule has 0 radical (unpaired) electrons. The second kappa shape index (κ2) is 7.85. The Labute approximate surface area is 127 Å². The SMILES string of the molecule is OC(COCC(F)(F)F)CN1CCC(c2cnccn2)CC1. The van der Waals surface area contributed by atoms with Crippen LogP contribution in [-0.2, 0) is 4.74 Å². The Bertz CT molecular complexity index is 437. The number of rotatable bonds is 6. The zero-order chi connectivity index (χ0) is 16.0. The molecule has 1 aromatic heterocycles. The van der Waals surface area contributed by atoms with Crippen molar-refractivity contribution in [3.05, 3.63) is 24.3 Å². The van der Waals surface area contributed by atoms with Crippen LogP contribution in [0.2, 0.25) is 0 Å². The van der Waals surface area contributed by atoms with E-state index in [0.717, 1.165) is 31.6 Å². The predicted molar refractivity (Wildman–Crippen MR) is 73.3 cm³/mol. The normalized spacial score (nSPS) is 19.3. The molecule has 1 aliphatic heterocycles. The summed E-state index contributed by atoms with van der Waals surface area (Å²) in [4.78, 5) is 10.4. The van der Waals surface area contributed by atoms with Crippen LogP contribution in [0.3, 0.4) is 0 Å². The molecule has 1 fully saturated rings. The first-order valence-electron chi connectivity index (χ1n) is 7.25. The van der Waals surface area contributed by atoms with Crippen molar-refractivity contribution in [1.29, 1.82) is 0 Å². The van der Waals surface area contributed by atoms with Crippen molar-refractivity contribution in [2.75, 3.05) is 32.8 Å². The lowest BCUT2D eigenvalue weighted by molar-refractivity contribution is -0.179. The fourth-order valence-corrected chi connectivity index (χ4v) is 2.59. The Hall–Kier alpha value is -1.25. The third kappa shape index (κ3) is 5.86. The van der Waals surface area contributed by atoms with Crippen LogP contribution in [-0.4, -0.2) is 65.1 Å². The summed E-state index contributed by atoms with van der Waals surface area (Å²) >= 11 is 0. The summed E-state index contributed by atoms with van der Waals surface area (Å²) in [5.41, 5.74) is 0.969. The van der Waals surface area contributed by atoms with Gasteiger partial charge in [-0.05, 0) is 25.9 Å². The van der Waals surface area contributed by atoms with Gasteiger partial charge in [-0.3, -0.25) is 9.97 Å². The molecule has 1 unspecified atom stereocenters. The summed E-state index contributed by atoms with van der Waals surface area (Å²) in [6.07, 6.45) is 1.60. The summed E-state index contributed by atoms with van der Waals surface area (Å²) < 4.78 is 40.3. The number of likely N-dealkylation sites (tertiary alicyclic amines) is 1. The second-order valence-electron chi connectivity index (χ2n) is 5.49. The van der Waals surface area contributed by atoms with Crippen LogP contribution < -0.4 is 0 Å². The molecule has 0 spiro atoms. The molecular formula is C14H20F3N3O2. The first-order valence-corrected chi connectivity index (χ1v) is 7.25. The average Bonchev–Trinajstić information content (AvgIpc) is 2.47. The number of aliphatic hydroxyl groups is 1. The fourth-order valence-electron chi connectivity index (χ4n) is 2.59. The van der Waals surface area contributed by atoms with E-state index in [4.69, 9.17) is 0 Å². The Kier molecular flexibility index (Phi) is 6.10. The molecule has 0 aliphatic carbocycles. The maximum absolute atomic E-state index is 11.9. The van der Waals surface area contributed by atoms with E-state index >= 15 is 0 Å². The molecule has 1 atom stereocenters. The van der Waals surface area contributed by atoms with Crippen molar-refractivity contribution in [1.82, 2.24) is 14.9 Å². The molecule has 124 valence electrons. The highest BCUT2D eigenvalue weighted by Crippen LogP contribution is 2.25. The van der Waals surface area contributed by atoms with E-state index in [1.165, 1.54) is 0 Å². The number of β-amino-alcohol motifs (C(OH)–C–C–N with tert-alkyl or cyclic N) is 1. The lowest BCUT2D eigenvalue weighted by atomic mass is 9.93. The van der Waals surface area contributed by atoms with Gasteiger partial charge in [-0.25, -0.2) is 0 Å². The lowest BCUT2D eigenvalue weighted by Gasteiger charge is -2.32. The average molecular weight is 319 g/mol. The van der Waals surface area contributed by atoms with Crippen LogP contribution in [0.1, 0.15) is 24.5 Å². The number of halogens is 3. The number of aliphatic hydroxyl groups excluding tert-OH is 1. The summed E-state index contributed by atoms with van der Waals surface area (Å²) in [7, 11) is 0. The third-order valence-electron chi connectivity index (χ3n) is 3.63.